The molecule has 0 aromatic rings. The van der Waals surface area contributed by atoms with Crippen molar-refractivity contribution in [2.45, 2.75) is 12.8 Å². The summed E-state index contributed by atoms with van der Waals surface area (Å²) in [7, 11) is 0. The average molecular weight is 232 g/mol. The molecule has 8 heteroatoms. The molecule has 0 aliphatic rings. The first-order chi connectivity index (χ1) is 7.25. The topological polar surface area (TPSA) is 161 Å². The van der Waals surface area contributed by atoms with E-state index < -0.39 is 23.8 Å². The van der Waals surface area contributed by atoms with Crippen LogP contribution in [0.4, 0.5) is 0 Å². The Kier molecular flexibility index (Phi) is 9.22. The Labute approximate surface area is 90.5 Å². The number of hydrogen-bond donors (Lipinski definition) is 4. The van der Waals surface area contributed by atoms with Crippen molar-refractivity contribution < 1.29 is 29.4 Å². The Hall–Kier alpha value is -2.38. The molecule has 0 fully saturated rings. The van der Waals surface area contributed by atoms with E-state index in [4.69, 9.17) is 21.7 Å². The van der Waals surface area contributed by atoms with Crippen LogP contribution in [0, 0.1) is 0 Å². The van der Waals surface area contributed by atoms with Gasteiger partial charge in [-0.3, -0.25) is 9.59 Å². The van der Waals surface area contributed by atoms with Gasteiger partial charge >= 0.3 is 11.9 Å². The third kappa shape index (κ3) is 22.6. The molecule has 0 saturated carbocycles. The van der Waals surface area contributed by atoms with Gasteiger partial charge in [0.05, 0.1) is 0 Å². The van der Waals surface area contributed by atoms with Crippen molar-refractivity contribution in [1.29, 1.82) is 0 Å². The second-order valence-corrected chi connectivity index (χ2v) is 2.44. The molecule has 6 N–H and O–H groups in total. The summed E-state index contributed by atoms with van der Waals surface area (Å²) in [5.41, 5.74) is 9.39. The number of carboxylic acids is 2. The van der Waals surface area contributed by atoms with Gasteiger partial charge in [-0.05, 0) is 0 Å². The van der Waals surface area contributed by atoms with Gasteiger partial charge in [0, 0.05) is 25.0 Å². The summed E-state index contributed by atoms with van der Waals surface area (Å²) in [5.74, 6) is -3.51. The molecule has 0 aliphatic heterocycles. The van der Waals surface area contributed by atoms with Crippen molar-refractivity contribution in [2.24, 2.45) is 11.5 Å². The van der Waals surface area contributed by atoms with E-state index in [0.717, 1.165) is 0 Å². The fourth-order valence-electron chi connectivity index (χ4n) is 0.389. The lowest BCUT2D eigenvalue weighted by Gasteiger charge is -1.87. The van der Waals surface area contributed by atoms with Crippen LogP contribution in [0.3, 0.4) is 0 Å². The Morgan fingerprint density at radius 3 is 1.19 bits per heavy atom. The van der Waals surface area contributed by atoms with Crippen LogP contribution in [0.25, 0.3) is 0 Å². The summed E-state index contributed by atoms with van der Waals surface area (Å²) in [5, 5.41) is 15.6. The van der Waals surface area contributed by atoms with Crippen LogP contribution in [0.5, 0.6) is 0 Å². The van der Waals surface area contributed by atoms with Crippen LogP contribution in [0.1, 0.15) is 12.8 Å². The fourth-order valence-corrected chi connectivity index (χ4v) is 0.389. The lowest BCUT2D eigenvalue weighted by Crippen LogP contribution is -2.16. The maximum atomic E-state index is 9.92. The molecule has 8 nitrogen and oxygen atoms in total. The highest BCUT2D eigenvalue weighted by Gasteiger charge is 1.96. The standard InChI is InChI=1S/C4H8N2O2.C4H4O4/c5-3(7)1-2-4(6)8;5-3(6)1-2-4(7)8/h1-2H2,(H2,5,7)(H2,6,8);1-2H,(H,5,6)(H,7,8)/b;2-1+. The normalized spacial score (nSPS) is 9.00. The number of carbonyl (C=O) groups is 4. The Morgan fingerprint density at radius 1 is 0.812 bits per heavy atom. The van der Waals surface area contributed by atoms with E-state index in [1.807, 2.05) is 0 Å². The number of hydrogen-bond acceptors (Lipinski definition) is 4. The summed E-state index contributed by atoms with van der Waals surface area (Å²) in [6.07, 6.45) is 1.22. The maximum absolute atomic E-state index is 9.92. The highest BCUT2D eigenvalue weighted by molar-refractivity contribution is 5.89. The van der Waals surface area contributed by atoms with Gasteiger partial charge in [0.25, 0.3) is 0 Å². The van der Waals surface area contributed by atoms with Crippen molar-refractivity contribution in [1.82, 2.24) is 0 Å². The lowest BCUT2D eigenvalue weighted by atomic mass is 10.3. The van der Waals surface area contributed by atoms with Crippen LogP contribution in [-0.4, -0.2) is 34.0 Å². The predicted molar refractivity (Wildman–Crippen MR) is 52.0 cm³/mol. The molecular formula is C8H12N2O6. The molecule has 0 heterocycles. The summed E-state index contributed by atoms with van der Waals surface area (Å²) in [6, 6.07) is 0. The fraction of sp³-hybridized carbons (Fsp3) is 0.250. The van der Waals surface area contributed by atoms with Crippen molar-refractivity contribution >= 4 is 23.8 Å². The van der Waals surface area contributed by atoms with Crippen molar-refractivity contribution in [3.63, 3.8) is 0 Å². The third-order valence-corrected chi connectivity index (χ3v) is 0.986. The first-order valence-electron chi connectivity index (χ1n) is 3.96. The van der Waals surface area contributed by atoms with E-state index >= 15 is 0 Å². The first kappa shape index (κ1) is 16.1. The number of rotatable bonds is 5. The van der Waals surface area contributed by atoms with Crippen LogP contribution in [0.2, 0.25) is 0 Å². The highest BCUT2D eigenvalue weighted by Crippen LogP contribution is 1.82. The molecule has 0 spiro atoms. The van der Waals surface area contributed by atoms with E-state index in [1.54, 1.807) is 0 Å². The molecule has 0 aromatic carbocycles. The first-order valence-corrected chi connectivity index (χ1v) is 3.96. The number of carboxylic acid groups (broad SMARTS) is 2. The molecular weight excluding hydrogens is 220 g/mol. The van der Waals surface area contributed by atoms with Crippen LogP contribution in [-0.2, 0) is 19.2 Å². The number of amides is 2. The van der Waals surface area contributed by atoms with Crippen molar-refractivity contribution in [2.75, 3.05) is 0 Å². The SMILES string of the molecule is NC(=O)CCC(N)=O.O=C(O)/C=C/C(=O)O. The van der Waals surface area contributed by atoms with Crippen LogP contribution >= 0.6 is 0 Å². The summed E-state index contributed by atoms with van der Waals surface area (Å²) in [6.45, 7) is 0. The highest BCUT2D eigenvalue weighted by atomic mass is 16.4. The molecule has 0 radical (unpaired) electrons. The quantitative estimate of drug-likeness (QED) is 0.419. The molecule has 0 unspecified atom stereocenters. The molecule has 16 heavy (non-hydrogen) atoms. The summed E-state index contributed by atoms with van der Waals surface area (Å²) in [4.78, 5) is 38.9. The number of aliphatic carboxylic acids is 2. The zero-order chi connectivity index (χ0) is 13.1. The largest absolute Gasteiger partial charge is 0.478 e. The molecule has 2 amide bonds. The summed E-state index contributed by atoms with van der Waals surface area (Å²) < 4.78 is 0. The molecule has 0 aromatic heterocycles. The lowest BCUT2D eigenvalue weighted by molar-refractivity contribution is -0.134. The van der Waals surface area contributed by atoms with Gasteiger partial charge in [0.2, 0.25) is 11.8 Å². The monoisotopic (exact) mass is 232 g/mol. The zero-order valence-corrected chi connectivity index (χ0v) is 8.25. The second-order valence-electron chi connectivity index (χ2n) is 2.44. The Balaban J connectivity index is 0. The minimum absolute atomic E-state index is 0.0509. The van der Waals surface area contributed by atoms with E-state index in [9.17, 15) is 19.2 Å². The minimum Gasteiger partial charge on any atom is -0.478 e. The van der Waals surface area contributed by atoms with Gasteiger partial charge in [0.15, 0.2) is 0 Å². The summed E-state index contributed by atoms with van der Waals surface area (Å²) >= 11 is 0. The van der Waals surface area contributed by atoms with Crippen LogP contribution in [0.15, 0.2) is 12.2 Å². The zero-order valence-electron chi connectivity index (χ0n) is 8.25. The molecule has 0 atom stereocenters. The van der Waals surface area contributed by atoms with Gasteiger partial charge < -0.3 is 21.7 Å². The number of nitrogens with two attached hydrogens (primary N) is 2. The number of primary amides is 2. The van der Waals surface area contributed by atoms with Gasteiger partial charge in [-0.2, -0.15) is 0 Å². The molecule has 0 aliphatic carbocycles. The predicted octanol–water partition coefficient (Wildman–Crippen LogP) is -1.55. The van der Waals surface area contributed by atoms with E-state index in [-0.39, 0.29) is 12.8 Å². The van der Waals surface area contributed by atoms with Gasteiger partial charge in [-0.25, -0.2) is 9.59 Å². The Bertz CT molecular complexity index is 280. The molecule has 0 rings (SSSR count). The smallest absolute Gasteiger partial charge is 0.328 e. The number of carbonyl (C=O) groups excluding carboxylic acids is 2. The Morgan fingerprint density at radius 2 is 1.06 bits per heavy atom. The third-order valence-electron chi connectivity index (χ3n) is 0.986. The van der Waals surface area contributed by atoms with E-state index in [1.165, 1.54) is 0 Å². The van der Waals surface area contributed by atoms with Gasteiger partial charge in [-0.1, -0.05) is 0 Å². The van der Waals surface area contributed by atoms with Crippen molar-refractivity contribution in [3.05, 3.63) is 12.2 Å². The molecule has 0 saturated heterocycles. The molecule has 0 bridgehead atoms. The minimum atomic E-state index is -1.26. The molecule has 90 valence electrons. The van der Waals surface area contributed by atoms with Crippen molar-refractivity contribution in [3.8, 4) is 0 Å². The van der Waals surface area contributed by atoms with Gasteiger partial charge in [-0.15, -0.1) is 0 Å². The maximum Gasteiger partial charge on any atom is 0.328 e. The van der Waals surface area contributed by atoms with Crippen LogP contribution < -0.4 is 11.5 Å². The second kappa shape index (κ2) is 9.19. The van der Waals surface area contributed by atoms with Gasteiger partial charge in [0.1, 0.15) is 0 Å². The van der Waals surface area contributed by atoms with E-state index in [0.29, 0.717) is 12.2 Å². The average Bonchev–Trinajstić information content (AvgIpc) is 2.12. The van der Waals surface area contributed by atoms with E-state index in [2.05, 4.69) is 0 Å².